The number of nitrogens with one attached hydrogen (secondary N) is 1. The van der Waals surface area contributed by atoms with E-state index in [4.69, 9.17) is 4.74 Å². The summed E-state index contributed by atoms with van der Waals surface area (Å²) in [5.74, 6) is 0.934. The van der Waals surface area contributed by atoms with Gasteiger partial charge in [0.2, 0.25) is 0 Å². The Bertz CT molecular complexity index is 371. The van der Waals surface area contributed by atoms with Gasteiger partial charge in [0.15, 0.2) is 0 Å². The van der Waals surface area contributed by atoms with Gasteiger partial charge in [0.05, 0.1) is 12.8 Å². The predicted octanol–water partition coefficient (Wildman–Crippen LogP) is 2.98. The maximum absolute atomic E-state index is 5.37. The van der Waals surface area contributed by atoms with Crippen molar-refractivity contribution in [3.8, 4) is 5.75 Å². The third-order valence-corrected chi connectivity index (χ3v) is 3.73. The molecule has 100 valence electrons. The third kappa shape index (κ3) is 3.16. The van der Waals surface area contributed by atoms with Crippen LogP contribution < -0.4 is 10.1 Å². The molecule has 0 unspecified atom stereocenters. The molecule has 1 aromatic rings. The van der Waals surface area contributed by atoms with Crippen LogP contribution in [0, 0.1) is 0 Å². The number of anilines is 1. The van der Waals surface area contributed by atoms with Gasteiger partial charge in [-0.2, -0.15) is 0 Å². The number of hydrogen-bond acceptors (Lipinski definition) is 3. The van der Waals surface area contributed by atoms with Gasteiger partial charge in [-0.25, -0.2) is 0 Å². The summed E-state index contributed by atoms with van der Waals surface area (Å²) in [6.07, 6.45) is 2.41. The van der Waals surface area contributed by atoms with Gasteiger partial charge in [-0.1, -0.05) is 12.1 Å². The van der Waals surface area contributed by atoms with Crippen LogP contribution in [0.2, 0.25) is 0 Å². The average Bonchev–Trinajstić information content (AvgIpc) is 2.40. The normalized spacial score (nSPS) is 18.0. The molecule has 18 heavy (non-hydrogen) atoms. The lowest BCUT2D eigenvalue weighted by Gasteiger charge is -2.35. The molecule has 0 spiro atoms. The van der Waals surface area contributed by atoms with Crippen molar-refractivity contribution in [2.45, 2.75) is 38.8 Å². The van der Waals surface area contributed by atoms with E-state index in [0.717, 1.165) is 11.4 Å². The lowest BCUT2D eigenvalue weighted by Crippen LogP contribution is -2.42. The lowest BCUT2D eigenvalue weighted by molar-refractivity contribution is 0.177. The van der Waals surface area contributed by atoms with Crippen LogP contribution in [0.3, 0.4) is 0 Å². The number of rotatable bonds is 4. The molecular weight excluding hydrogens is 224 g/mol. The first kappa shape index (κ1) is 13.2. The van der Waals surface area contributed by atoms with Crippen molar-refractivity contribution in [3.63, 3.8) is 0 Å². The van der Waals surface area contributed by atoms with Gasteiger partial charge < -0.3 is 15.0 Å². The molecule has 3 nitrogen and oxygen atoms in total. The number of ether oxygens (including phenoxy) is 1. The number of methoxy groups -OCH3 is 1. The maximum Gasteiger partial charge on any atom is 0.141 e. The van der Waals surface area contributed by atoms with Crippen molar-refractivity contribution >= 4 is 5.69 Å². The molecule has 1 heterocycles. The molecule has 1 aromatic carbocycles. The Morgan fingerprint density at radius 2 is 1.89 bits per heavy atom. The van der Waals surface area contributed by atoms with Crippen LogP contribution in [-0.4, -0.2) is 37.2 Å². The minimum atomic E-state index is 0.566. The van der Waals surface area contributed by atoms with E-state index in [9.17, 15) is 0 Å². The van der Waals surface area contributed by atoms with E-state index in [-0.39, 0.29) is 0 Å². The van der Waals surface area contributed by atoms with Crippen molar-refractivity contribution in [2.24, 2.45) is 0 Å². The molecule has 1 fully saturated rings. The number of benzene rings is 1. The fourth-order valence-corrected chi connectivity index (χ4v) is 2.54. The third-order valence-electron chi connectivity index (χ3n) is 3.73. The summed E-state index contributed by atoms with van der Waals surface area (Å²) in [5.41, 5.74) is 1.11. The standard InChI is InChI=1S/C15H24N2O/c1-12(2)17-10-8-13(9-11-17)16-14-6-4-5-7-15(14)18-3/h4-7,12-13,16H,8-11H2,1-3H3. The fourth-order valence-electron chi connectivity index (χ4n) is 2.54. The highest BCUT2D eigenvalue weighted by Crippen LogP contribution is 2.26. The van der Waals surface area contributed by atoms with E-state index < -0.39 is 0 Å². The summed E-state index contributed by atoms with van der Waals surface area (Å²) in [5, 5.41) is 3.61. The zero-order valence-corrected chi connectivity index (χ0v) is 11.6. The molecule has 2 rings (SSSR count). The maximum atomic E-state index is 5.37. The summed E-state index contributed by atoms with van der Waals surface area (Å²) in [7, 11) is 1.72. The summed E-state index contributed by atoms with van der Waals surface area (Å²) < 4.78 is 5.37. The van der Waals surface area contributed by atoms with E-state index in [1.54, 1.807) is 7.11 Å². The molecule has 0 radical (unpaired) electrons. The van der Waals surface area contributed by atoms with Gasteiger partial charge in [0.25, 0.3) is 0 Å². The van der Waals surface area contributed by atoms with Crippen molar-refractivity contribution in [1.82, 2.24) is 4.90 Å². The zero-order valence-electron chi connectivity index (χ0n) is 11.6. The first-order valence-electron chi connectivity index (χ1n) is 6.84. The van der Waals surface area contributed by atoms with E-state index >= 15 is 0 Å². The highest BCUT2D eigenvalue weighted by Gasteiger charge is 2.21. The molecule has 1 aliphatic rings. The van der Waals surface area contributed by atoms with Crippen molar-refractivity contribution in [3.05, 3.63) is 24.3 Å². The van der Waals surface area contributed by atoms with E-state index in [1.807, 2.05) is 18.2 Å². The second-order valence-corrected chi connectivity index (χ2v) is 5.25. The van der Waals surface area contributed by atoms with Crippen molar-refractivity contribution < 1.29 is 4.74 Å². The monoisotopic (exact) mass is 248 g/mol. The molecule has 0 bridgehead atoms. The average molecular weight is 248 g/mol. The number of nitrogens with zero attached hydrogens (tertiary/aromatic N) is 1. The van der Waals surface area contributed by atoms with E-state index in [0.29, 0.717) is 12.1 Å². The number of likely N-dealkylation sites (tertiary alicyclic amines) is 1. The minimum absolute atomic E-state index is 0.566. The topological polar surface area (TPSA) is 24.5 Å². The summed E-state index contributed by atoms with van der Waals surface area (Å²) in [6.45, 7) is 6.91. The van der Waals surface area contributed by atoms with Gasteiger partial charge in [0.1, 0.15) is 5.75 Å². The Hall–Kier alpha value is -1.22. The zero-order chi connectivity index (χ0) is 13.0. The molecule has 0 amide bonds. The molecular formula is C15H24N2O. The number of piperidine rings is 1. The van der Waals surface area contributed by atoms with Crippen LogP contribution in [0.15, 0.2) is 24.3 Å². The second-order valence-electron chi connectivity index (χ2n) is 5.25. The first-order chi connectivity index (χ1) is 8.70. The summed E-state index contributed by atoms with van der Waals surface area (Å²) in [6, 6.07) is 9.38. The highest BCUT2D eigenvalue weighted by atomic mass is 16.5. The molecule has 1 aliphatic heterocycles. The Morgan fingerprint density at radius 1 is 1.22 bits per heavy atom. The van der Waals surface area contributed by atoms with E-state index in [1.165, 1.54) is 25.9 Å². The SMILES string of the molecule is COc1ccccc1NC1CCN(C(C)C)CC1. The van der Waals surface area contributed by atoms with Crippen LogP contribution in [0.1, 0.15) is 26.7 Å². The molecule has 0 aromatic heterocycles. The first-order valence-corrected chi connectivity index (χ1v) is 6.84. The highest BCUT2D eigenvalue weighted by molar-refractivity contribution is 5.56. The Labute approximate surface area is 110 Å². The number of hydrogen-bond donors (Lipinski definition) is 1. The largest absolute Gasteiger partial charge is 0.495 e. The van der Waals surface area contributed by atoms with Gasteiger partial charge in [-0.3, -0.25) is 0 Å². The van der Waals surface area contributed by atoms with Crippen LogP contribution in [-0.2, 0) is 0 Å². The van der Waals surface area contributed by atoms with E-state index in [2.05, 4.69) is 30.1 Å². The number of para-hydroxylation sites is 2. The molecule has 0 atom stereocenters. The Balaban J connectivity index is 1.91. The van der Waals surface area contributed by atoms with Crippen LogP contribution in [0.5, 0.6) is 5.75 Å². The predicted molar refractivity (Wildman–Crippen MR) is 76.3 cm³/mol. The Morgan fingerprint density at radius 3 is 2.50 bits per heavy atom. The smallest absolute Gasteiger partial charge is 0.141 e. The fraction of sp³-hybridized carbons (Fsp3) is 0.600. The van der Waals surface area contributed by atoms with Crippen molar-refractivity contribution in [2.75, 3.05) is 25.5 Å². The molecule has 3 heteroatoms. The molecule has 1 N–H and O–H groups in total. The molecule has 1 saturated heterocycles. The second kappa shape index (κ2) is 6.10. The lowest BCUT2D eigenvalue weighted by atomic mass is 10.0. The van der Waals surface area contributed by atoms with Crippen LogP contribution in [0.25, 0.3) is 0 Å². The summed E-state index contributed by atoms with van der Waals surface area (Å²) >= 11 is 0. The Kier molecular flexibility index (Phi) is 4.48. The van der Waals surface area contributed by atoms with Crippen LogP contribution in [0.4, 0.5) is 5.69 Å². The minimum Gasteiger partial charge on any atom is -0.495 e. The van der Waals surface area contributed by atoms with Gasteiger partial charge in [-0.15, -0.1) is 0 Å². The van der Waals surface area contributed by atoms with Gasteiger partial charge >= 0.3 is 0 Å². The molecule has 0 saturated carbocycles. The van der Waals surface area contributed by atoms with Crippen LogP contribution >= 0.6 is 0 Å². The molecule has 0 aliphatic carbocycles. The summed E-state index contributed by atoms with van der Waals surface area (Å²) in [4.78, 5) is 2.54. The quantitative estimate of drug-likeness (QED) is 0.886. The van der Waals surface area contributed by atoms with Crippen molar-refractivity contribution in [1.29, 1.82) is 0 Å². The van der Waals surface area contributed by atoms with Gasteiger partial charge in [0, 0.05) is 25.2 Å². The van der Waals surface area contributed by atoms with Gasteiger partial charge in [-0.05, 0) is 38.8 Å².